The van der Waals surface area contributed by atoms with Crippen LogP contribution in [0.2, 0.25) is 0 Å². The van der Waals surface area contributed by atoms with Gasteiger partial charge in [-0.2, -0.15) is 0 Å². The van der Waals surface area contributed by atoms with Crippen LogP contribution in [0.5, 0.6) is 0 Å². The Morgan fingerprint density at radius 1 is 1.46 bits per heavy atom. The summed E-state index contributed by atoms with van der Waals surface area (Å²) in [5.74, 6) is 0.0852. The summed E-state index contributed by atoms with van der Waals surface area (Å²) in [4.78, 5) is 10.8. The van der Waals surface area contributed by atoms with Gasteiger partial charge in [-0.3, -0.25) is 4.79 Å². The maximum absolute atomic E-state index is 10.8. The molecule has 1 fully saturated rings. The number of nitrogens with two attached hydrogens (primary N) is 1. The van der Waals surface area contributed by atoms with Crippen LogP contribution in [0.3, 0.4) is 0 Å². The Bertz CT molecular complexity index is 173. The molecular weight excluding hydrogens is 168 g/mol. The molecule has 13 heavy (non-hydrogen) atoms. The van der Waals surface area contributed by atoms with Gasteiger partial charge in [-0.15, -0.1) is 0 Å². The fourth-order valence-corrected chi connectivity index (χ4v) is 1.74. The van der Waals surface area contributed by atoms with Crippen molar-refractivity contribution >= 4 is 5.91 Å². The fraction of sp³-hybridized carbons (Fsp3) is 0.889. The largest absolute Gasteiger partial charge is 0.393 e. The summed E-state index contributed by atoms with van der Waals surface area (Å²) in [7, 11) is 0. The lowest BCUT2D eigenvalue weighted by atomic mass is 9.86. The molecule has 0 bridgehead atoms. The van der Waals surface area contributed by atoms with E-state index in [-0.39, 0.29) is 24.5 Å². The van der Waals surface area contributed by atoms with Gasteiger partial charge in [0.05, 0.1) is 12.6 Å². The quantitative estimate of drug-likeness (QED) is 0.562. The summed E-state index contributed by atoms with van der Waals surface area (Å²) in [5.41, 5.74) is 5.15. The van der Waals surface area contributed by atoms with Gasteiger partial charge in [0.15, 0.2) is 0 Å². The van der Waals surface area contributed by atoms with Gasteiger partial charge in [0.2, 0.25) is 5.91 Å². The summed E-state index contributed by atoms with van der Waals surface area (Å²) in [6.45, 7) is 0.597. The highest BCUT2D eigenvalue weighted by Crippen LogP contribution is 2.23. The van der Waals surface area contributed by atoms with E-state index in [9.17, 15) is 9.90 Å². The van der Waals surface area contributed by atoms with Gasteiger partial charge < -0.3 is 16.2 Å². The van der Waals surface area contributed by atoms with Crippen molar-refractivity contribution in [3.63, 3.8) is 0 Å². The second-order valence-electron chi connectivity index (χ2n) is 3.62. The minimum atomic E-state index is -0.244. The van der Waals surface area contributed by atoms with Crippen LogP contribution >= 0.6 is 0 Å². The maximum Gasteiger partial charge on any atom is 0.233 e. The maximum atomic E-state index is 10.8. The number of nitrogens with one attached hydrogen (secondary N) is 1. The third-order valence-electron chi connectivity index (χ3n) is 2.62. The monoisotopic (exact) mass is 186 g/mol. The van der Waals surface area contributed by atoms with Gasteiger partial charge in [-0.1, -0.05) is 12.8 Å². The molecule has 1 saturated carbocycles. The van der Waals surface area contributed by atoms with Crippen LogP contribution in [0.4, 0.5) is 0 Å². The average molecular weight is 186 g/mol. The molecule has 0 aliphatic heterocycles. The molecule has 0 saturated heterocycles. The number of carbonyl (C=O) groups excluding carboxylic acids is 1. The van der Waals surface area contributed by atoms with Gasteiger partial charge in [0.25, 0.3) is 0 Å². The van der Waals surface area contributed by atoms with Crippen LogP contribution in [0.1, 0.15) is 25.7 Å². The standard InChI is InChI=1S/C9H18N2O2/c10-5-9(13)11-6-7-3-1-2-4-8(7)12/h7-8,12H,1-6,10H2,(H,11,13)/t7-,8+/m0/s1. The molecule has 0 aromatic carbocycles. The van der Waals surface area contributed by atoms with Crippen LogP contribution in [0.25, 0.3) is 0 Å². The normalized spacial score (nSPS) is 28.5. The molecule has 0 heterocycles. The van der Waals surface area contributed by atoms with E-state index < -0.39 is 0 Å². The summed E-state index contributed by atoms with van der Waals surface area (Å²) < 4.78 is 0. The SMILES string of the molecule is NCC(=O)NC[C@@H]1CCCC[C@H]1O. The third-order valence-corrected chi connectivity index (χ3v) is 2.62. The number of amides is 1. The Morgan fingerprint density at radius 2 is 2.15 bits per heavy atom. The summed E-state index contributed by atoms with van der Waals surface area (Å²) in [5, 5.41) is 12.3. The van der Waals surface area contributed by atoms with Crippen molar-refractivity contribution in [2.45, 2.75) is 31.8 Å². The molecule has 4 nitrogen and oxygen atoms in total. The molecule has 1 amide bonds. The molecule has 4 N–H and O–H groups in total. The van der Waals surface area contributed by atoms with Crippen molar-refractivity contribution in [2.24, 2.45) is 11.7 Å². The van der Waals surface area contributed by atoms with Crippen LogP contribution in [0.15, 0.2) is 0 Å². The zero-order valence-electron chi connectivity index (χ0n) is 7.83. The van der Waals surface area contributed by atoms with Gasteiger partial charge in [-0.05, 0) is 12.8 Å². The van der Waals surface area contributed by atoms with E-state index in [0.717, 1.165) is 25.7 Å². The van der Waals surface area contributed by atoms with Crippen molar-refractivity contribution in [3.05, 3.63) is 0 Å². The van der Waals surface area contributed by atoms with E-state index in [1.54, 1.807) is 0 Å². The predicted molar refractivity (Wildman–Crippen MR) is 50.0 cm³/mol. The highest BCUT2D eigenvalue weighted by molar-refractivity contribution is 5.77. The molecule has 4 heteroatoms. The third kappa shape index (κ3) is 3.32. The fourth-order valence-electron chi connectivity index (χ4n) is 1.74. The Labute approximate surface area is 78.5 Å². The van der Waals surface area contributed by atoms with E-state index in [0.29, 0.717) is 6.54 Å². The Hall–Kier alpha value is -0.610. The molecule has 0 aromatic rings. The zero-order valence-corrected chi connectivity index (χ0v) is 7.83. The minimum absolute atomic E-state index is 0.0306. The minimum Gasteiger partial charge on any atom is -0.393 e. The van der Waals surface area contributed by atoms with E-state index in [1.807, 2.05) is 0 Å². The highest BCUT2D eigenvalue weighted by Gasteiger charge is 2.22. The van der Waals surface area contributed by atoms with Gasteiger partial charge in [-0.25, -0.2) is 0 Å². The van der Waals surface area contributed by atoms with Gasteiger partial charge >= 0.3 is 0 Å². The Balaban J connectivity index is 2.22. The topological polar surface area (TPSA) is 75.4 Å². The first kappa shape index (κ1) is 10.5. The molecule has 1 aliphatic rings. The summed E-state index contributed by atoms with van der Waals surface area (Å²) in [6, 6.07) is 0. The van der Waals surface area contributed by atoms with Crippen LogP contribution in [-0.4, -0.2) is 30.2 Å². The average Bonchev–Trinajstić information content (AvgIpc) is 2.16. The Morgan fingerprint density at radius 3 is 2.77 bits per heavy atom. The second-order valence-corrected chi connectivity index (χ2v) is 3.62. The summed E-state index contributed by atoms with van der Waals surface area (Å²) >= 11 is 0. The number of hydrogen-bond donors (Lipinski definition) is 3. The highest BCUT2D eigenvalue weighted by atomic mass is 16.3. The molecule has 0 radical (unpaired) electrons. The van der Waals surface area contributed by atoms with E-state index in [1.165, 1.54) is 0 Å². The number of carbonyl (C=O) groups is 1. The lowest BCUT2D eigenvalue weighted by Gasteiger charge is -2.27. The second kappa shape index (κ2) is 5.19. The smallest absolute Gasteiger partial charge is 0.233 e. The molecule has 0 unspecified atom stereocenters. The molecule has 1 rings (SSSR count). The molecule has 76 valence electrons. The van der Waals surface area contributed by atoms with Crippen LogP contribution in [0, 0.1) is 5.92 Å². The van der Waals surface area contributed by atoms with Gasteiger partial charge in [0.1, 0.15) is 0 Å². The molecule has 1 aliphatic carbocycles. The van der Waals surface area contributed by atoms with E-state index in [4.69, 9.17) is 5.73 Å². The van der Waals surface area contributed by atoms with E-state index >= 15 is 0 Å². The zero-order chi connectivity index (χ0) is 9.68. The molecule has 2 atom stereocenters. The molecular formula is C9H18N2O2. The van der Waals surface area contributed by atoms with E-state index in [2.05, 4.69) is 5.32 Å². The molecule has 0 aromatic heterocycles. The number of hydrogen-bond acceptors (Lipinski definition) is 3. The van der Waals surface area contributed by atoms with Crippen molar-refractivity contribution in [2.75, 3.05) is 13.1 Å². The first-order valence-electron chi connectivity index (χ1n) is 4.89. The lowest BCUT2D eigenvalue weighted by molar-refractivity contribution is -0.120. The van der Waals surface area contributed by atoms with Crippen LogP contribution < -0.4 is 11.1 Å². The Kier molecular flexibility index (Phi) is 4.18. The predicted octanol–water partition coefficient (Wildman–Crippen LogP) is -0.388. The van der Waals surface area contributed by atoms with Crippen molar-refractivity contribution in [3.8, 4) is 0 Å². The lowest BCUT2D eigenvalue weighted by Crippen LogP contribution is -2.39. The van der Waals surface area contributed by atoms with Crippen molar-refractivity contribution < 1.29 is 9.90 Å². The molecule has 0 spiro atoms. The van der Waals surface area contributed by atoms with Gasteiger partial charge in [0, 0.05) is 12.5 Å². The van der Waals surface area contributed by atoms with Crippen molar-refractivity contribution in [1.82, 2.24) is 5.32 Å². The first-order valence-corrected chi connectivity index (χ1v) is 4.89. The van der Waals surface area contributed by atoms with Crippen LogP contribution in [-0.2, 0) is 4.79 Å². The van der Waals surface area contributed by atoms with Crippen molar-refractivity contribution in [1.29, 1.82) is 0 Å². The number of aliphatic hydroxyl groups is 1. The number of aliphatic hydroxyl groups excluding tert-OH is 1. The number of rotatable bonds is 3. The first-order chi connectivity index (χ1) is 6.24. The summed E-state index contributed by atoms with van der Waals surface area (Å²) in [6.07, 6.45) is 3.88.